The summed E-state index contributed by atoms with van der Waals surface area (Å²) in [6.45, 7) is 3.61. The number of nitrogens with one attached hydrogen (secondary N) is 1. The fourth-order valence-corrected chi connectivity index (χ4v) is 6.66. The van der Waals surface area contributed by atoms with Gasteiger partial charge in [0.25, 0.3) is 0 Å². The van der Waals surface area contributed by atoms with E-state index in [9.17, 15) is 27.5 Å². The summed E-state index contributed by atoms with van der Waals surface area (Å²) in [6, 6.07) is 9.35. The number of ether oxygens (including phenoxy) is 1. The number of hydrogen-bond acceptors (Lipinski definition) is 6. The zero-order chi connectivity index (χ0) is 29.7. The van der Waals surface area contributed by atoms with Crippen LogP contribution in [0.5, 0.6) is 5.75 Å². The van der Waals surface area contributed by atoms with Crippen molar-refractivity contribution in [2.24, 2.45) is 11.8 Å². The number of aliphatic hydroxyl groups is 1. The number of amides is 2. The van der Waals surface area contributed by atoms with Crippen molar-refractivity contribution in [3.8, 4) is 5.75 Å². The first kappa shape index (κ1) is 30.9. The van der Waals surface area contributed by atoms with Crippen LogP contribution in [0, 0.1) is 17.7 Å². The van der Waals surface area contributed by atoms with Gasteiger partial charge in [0.15, 0.2) is 0 Å². The lowest BCUT2D eigenvalue weighted by atomic mass is 9.88. The molecule has 9 nitrogen and oxygen atoms in total. The maximum absolute atomic E-state index is 13.4. The fraction of sp³-hybridized carbons (Fsp3) is 0.533. The lowest BCUT2D eigenvalue weighted by Gasteiger charge is -2.33. The molecule has 2 N–H and O–H groups in total. The van der Waals surface area contributed by atoms with Crippen LogP contribution in [0.25, 0.3) is 0 Å². The van der Waals surface area contributed by atoms with Crippen molar-refractivity contribution < 1.29 is 32.2 Å². The first-order chi connectivity index (χ1) is 19.5. The molecule has 1 heterocycles. The summed E-state index contributed by atoms with van der Waals surface area (Å²) in [5.74, 6) is -0.681. The minimum atomic E-state index is -3.94. The van der Waals surface area contributed by atoms with Crippen LogP contribution in [0.3, 0.4) is 0 Å². The summed E-state index contributed by atoms with van der Waals surface area (Å²) >= 11 is 0. The molecule has 0 unspecified atom stereocenters. The highest BCUT2D eigenvalue weighted by Crippen LogP contribution is 2.31. The number of likely N-dealkylation sites (N-methyl/N-ethyl adjacent to an activating group) is 1. The molecule has 1 aliphatic carbocycles. The van der Waals surface area contributed by atoms with E-state index in [0.29, 0.717) is 17.0 Å². The highest BCUT2D eigenvalue weighted by molar-refractivity contribution is 7.89. The fourth-order valence-electron chi connectivity index (χ4n) is 5.47. The third-order valence-corrected chi connectivity index (χ3v) is 9.96. The Morgan fingerprint density at radius 2 is 1.85 bits per heavy atom. The number of rotatable bonds is 8. The first-order valence-electron chi connectivity index (χ1n) is 14.2. The average molecular weight is 590 g/mol. The summed E-state index contributed by atoms with van der Waals surface area (Å²) in [7, 11) is -2.51. The molecule has 224 valence electrons. The number of fused-ring (bicyclic) bond motifs is 1. The minimum absolute atomic E-state index is 0.00400. The molecule has 1 aliphatic heterocycles. The predicted octanol–water partition coefficient (Wildman–Crippen LogP) is 3.81. The molecular formula is C30H40FN3O6S. The lowest BCUT2D eigenvalue weighted by molar-refractivity contribution is -0.134. The van der Waals surface area contributed by atoms with Crippen LogP contribution in [-0.4, -0.2) is 73.4 Å². The van der Waals surface area contributed by atoms with Gasteiger partial charge in [-0.05, 0) is 62.2 Å². The lowest BCUT2D eigenvalue weighted by Crippen LogP contribution is -2.48. The molecule has 2 amide bonds. The van der Waals surface area contributed by atoms with Gasteiger partial charge in [-0.25, -0.2) is 12.8 Å². The SMILES string of the molecule is C[C@@H]1CN([C@@H](C)CO)C(=O)Cc2cc(NC(=O)C3CCCCC3)ccc2O[C@@H]1CN(C)S(=O)(=O)c1ccc(F)cc1. The van der Waals surface area contributed by atoms with Crippen molar-refractivity contribution in [3.05, 3.63) is 53.8 Å². The van der Waals surface area contributed by atoms with Crippen molar-refractivity contribution in [3.63, 3.8) is 0 Å². The first-order valence-corrected chi connectivity index (χ1v) is 15.7. The van der Waals surface area contributed by atoms with Crippen LogP contribution >= 0.6 is 0 Å². The second-order valence-corrected chi connectivity index (χ2v) is 13.3. The van der Waals surface area contributed by atoms with Crippen LogP contribution < -0.4 is 10.1 Å². The van der Waals surface area contributed by atoms with Gasteiger partial charge in [-0.15, -0.1) is 0 Å². The summed E-state index contributed by atoms with van der Waals surface area (Å²) in [5, 5.41) is 12.9. The third-order valence-electron chi connectivity index (χ3n) is 8.12. The standard InChI is InChI=1S/C30H40FN3O6S/c1-20-17-34(21(2)19-35)29(36)16-23-15-25(32-30(37)22-7-5-4-6-8-22)11-14-27(23)40-28(20)18-33(3)41(38,39)26-12-9-24(31)10-13-26/h9-15,20-22,28,35H,4-8,16-19H2,1-3H3,(H,32,37)/t20-,21+,28-/m1/s1. The zero-order valence-electron chi connectivity index (χ0n) is 23.9. The molecule has 11 heteroatoms. The molecule has 2 aromatic rings. The Bertz CT molecular complexity index is 1330. The van der Waals surface area contributed by atoms with Crippen molar-refractivity contribution in [2.75, 3.05) is 32.1 Å². The van der Waals surface area contributed by atoms with Gasteiger partial charge in [0.05, 0.1) is 30.5 Å². The molecule has 1 saturated carbocycles. The second-order valence-electron chi connectivity index (χ2n) is 11.3. The van der Waals surface area contributed by atoms with E-state index < -0.39 is 28.0 Å². The molecule has 0 bridgehead atoms. The van der Waals surface area contributed by atoms with Crippen LogP contribution in [0.4, 0.5) is 10.1 Å². The monoisotopic (exact) mass is 589 g/mol. The molecule has 0 saturated heterocycles. The van der Waals surface area contributed by atoms with Crippen LogP contribution in [0.2, 0.25) is 0 Å². The molecule has 0 radical (unpaired) electrons. The summed E-state index contributed by atoms with van der Waals surface area (Å²) in [4.78, 5) is 27.9. The molecular weight excluding hydrogens is 549 g/mol. The van der Waals surface area contributed by atoms with E-state index in [-0.39, 0.29) is 54.7 Å². The van der Waals surface area contributed by atoms with Crippen LogP contribution in [-0.2, 0) is 26.0 Å². The number of nitrogens with zero attached hydrogens (tertiary/aromatic N) is 2. The smallest absolute Gasteiger partial charge is 0.242 e. The van der Waals surface area contributed by atoms with Gasteiger partial charge in [-0.1, -0.05) is 26.2 Å². The van der Waals surface area contributed by atoms with Crippen molar-refractivity contribution in [1.29, 1.82) is 0 Å². The summed E-state index contributed by atoms with van der Waals surface area (Å²) in [6.07, 6.45) is 4.28. The Labute approximate surface area is 241 Å². The second kappa shape index (κ2) is 13.3. The predicted molar refractivity (Wildman–Crippen MR) is 153 cm³/mol. The third kappa shape index (κ3) is 7.44. The van der Waals surface area contributed by atoms with Gasteiger partial charge in [0, 0.05) is 36.7 Å². The number of carbonyl (C=O) groups excluding carboxylic acids is 2. The maximum atomic E-state index is 13.4. The Balaban J connectivity index is 1.62. The molecule has 0 aromatic heterocycles. The van der Waals surface area contributed by atoms with E-state index in [1.807, 2.05) is 6.92 Å². The molecule has 1 fully saturated rings. The average Bonchev–Trinajstić information content (AvgIpc) is 3.00. The normalized spacial score (nSPS) is 21.3. The van der Waals surface area contributed by atoms with E-state index in [1.165, 1.54) is 23.5 Å². The van der Waals surface area contributed by atoms with Crippen LogP contribution in [0.1, 0.15) is 51.5 Å². The number of aliphatic hydroxyl groups excluding tert-OH is 1. The van der Waals surface area contributed by atoms with E-state index in [0.717, 1.165) is 44.2 Å². The van der Waals surface area contributed by atoms with Gasteiger partial charge in [-0.3, -0.25) is 9.59 Å². The Morgan fingerprint density at radius 1 is 1.17 bits per heavy atom. The zero-order valence-corrected chi connectivity index (χ0v) is 24.7. The quantitative estimate of drug-likeness (QED) is 0.484. The Hall–Kier alpha value is -3.02. The Morgan fingerprint density at radius 3 is 2.51 bits per heavy atom. The van der Waals surface area contributed by atoms with Gasteiger partial charge in [0.1, 0.15) is 17.7 Å². The number of carbonyl (C=O) groups is 2. The molecule has 0 spiro atoms. The van der Waals surface area contributed by atoms with Crippen molar-refractivity contribution in [1.82, 2.24) is 9.21 Å². The molecule has 3 atom stereocenters. The number of sulfonamides is 1. The Kier molecular flexibility index (Phi) is 10.0. The summed E-state index contributed by atoms with van der Waals surface area (Å²) < 4.78 is 47.5. The molecule has 4 rings (SSSR count). The van der Waals surface area contributed by atoms with E-state index >= 15 is 0 Å². The number of halogens is 1. The number of hydrogen-bond donors (Lipinski definition) is 2. The molecule has 41 heavy (non-hydrogen) atoms. The van der Waals surface area contributed by atoms with E-state index in [1.54, 1.807) is 30.0 Å². The number of anilines is 1. The van der Waals surface area contributed by atoms with E-state index in [2.05, 4.69) is 5.32 Å². The maximum Gasteiger partial charge on any atom is 0.242 e. The van der Waals surface area contributed by atoms with Crippen molar-refractivity contribution >= 4 is 27.5 Å². The summed E-state index contributed by atoms with van der Waals surface area (Å²) in [5.41, 5.74) is 1.13. The number of benzene rings is 2. The van der Waals surface area contributed by atoms with E-state index in [4.69, 9.17) is 4.74 Å². The van der Waals surface area contributed by atoms with Crippen LogP contribution in [0.15, 0.2) is 47.4 Å². The van der Waals surface area contributed by atoms with Gasteiger partial charge >= 0.3 is 0 Å². The largest absolute Gasteiger partial charge is 0.488 e. The highest BCUT2D eigenvalue weighted by Gasteiger charge is 2.33. The highest BCUT2D eigenvalue weighted by atomic mass is 32.2. The van der Waals surface area contributed by atoms with Gasteiger partial charge in [-0.2, -0.15) is 4.31 Å². The topological polar surface area (TPSA) is 116 Å². The molecule has 2 aromatic carbocycles. The minimum Gasteiger partial charge on any atom is -0.488 e. The van der Waals surface area contributed by atoms with Gasteiger partial charge < -0.3 is 20.1 Å². The van der Waals surface area contributed by atoms with Gasteiger partial charge in [0.2, 0.25) is 21.8 Å². The van der Waals surface area contributed by atoms with Crippen molar-refractivity contribution in [2.45, 2.75) is 69.4 Å². The molecule has 2 aliphatic rings.